The minimum atomic E-state index is -0.678. The van der Waals surface area contributed by atoms with Gasteiger partial charge in [0.15, 0.2) is 11.6 Å². The largest absolute Gasteiger partial charge is 0.308 e. The normalized spacial score (nSPS) is 22.5. The monoisotopic (exact) mass is 494 g/mol. The van der Waals surface area contributed by atoms with Crippen LogP contribution in [0.3, 0.4) is 0 Å². The summed E-state index contributed by atoms with van der Waals surface area (Å²) in [6, 6.07) is 10.2. The molecule has 0 saturated carbocycles. The van der Waals surface area contributed by atoms with Crippen LogP contribution in [0.2, 0.25) is 0 Å². The fourth-order valence-electron chi connectivity index (χ4n) is 5.81. The molecule has 1 aromatic carbocycles. The third-order valence-corrected chi connectivity index (χ3v) is 7.76. The van der Waals surface area contributed by atoms with Crippen molar-refractivity contribution in [3.63, 3.8) is 0 Å². The van der Waals surface area contributed by atoms with Gasteiger partial charge in [0.05, 0.1) is 18.0 Å². The highest BCUT2D eigenvalue weighted by atomic mass is 19.1. The van der Waals surface area contributed by atoms with Crippen LogP contribution in [0.15, 0.2) is 54.4 Å². The standard InChI is InChI=1S/C30H27FN4O2/c1-17(36)9-10-20-15-19(13-14-33-20)29-34-26(21-7-5-6-8-24(21)31)22-11-12-23-18(2)27(37)25(32-4)16-30(23,3)28(22)35-29/h5-8,13-16,18,23H,9-12H2,1-3H3/t18-,23-,30-/m1/s1. The Morgan fingerprint density at radius 1 is 1.24 bits per heavy atom. The smallest absolute Gasteiger partial charge is 0.226 e. The maximum Gasteiger partial charge on any atom is 0.226 e. The summed E-state index contributed by atoms with van der Waals surface area (Å²) in [6.07, 6.45) is 5.64. The first-order chi connectivity index (χ1) is 17.7. The van der Waals surface area contributed by atoms with Crippen LogP contribution in [0, 0.1) is 24.2 Å². The quantitative estimate of drug-likeness (QED) is 0.425. The summed E-state index contributed by atoms with van der Waals surface area (Å²) in [6.45, 7) is 13.1. The zero-order valence-corrected chi connectivity index (χ0v) is 21.1. The van der Waals surface area contributed by atoms with Crippen molar-refractivity contribution in [1.82, 2.24) is 15.0 Å². The van der Waals surface area contributed by atoms with Crippen LogP contribution in [-0.4, -0.2) is 26.5 Å². The SMILES string of the molecule is [C-]#[N+]C1=C[C@@]2(C)c3nc(-c4ccnc(CCC(C)=O)c4)nc(-c4ccccc4F)c3CC[C@@H]2[C@@H](C)C1=O. The van der Waals surface area contributed by atoms with Gasteiger partial charge in [-0.2, -0.15) is 0 Å². The van der Waals surface area contributed by atoms with Gasteiger partial charge in [-0.3, -0.25) is 4.98 Å². The Morgan fingerprint density at radius 2 is 2.03 bits per heavy atom. The van der Waals surface area contributed by atoms with Gasteiger partial charge in [0, 0.05) is 46.3 Å². The van der Waals surface area contributed by atoms with E-state index in [1.807, 2.05) is 19.9 Å². The van der Waals surface area contributed by atoms with Crippen LogP contribution < -0.4 is 0 Å². The fourth-order valence-corrected chi connectivity index (χ4v) is 5.81. The molecule has 3 aromatic rings. The lowest BCUT2D eigenvalue weighted by atomic mass is 9.58. The van der Waals surface area contributed by atoms with Crippen molar-refractivity contribution in [2.45, 2.75) is 51.9 Å². The molecule has 0 unspecified atom stereocenters. The summed E-state index contributed by atoms with van der Waals surface area (Å²) >= 11 is 0. The Balaban J connectivity index is 1.75. The van der Waals surface area contributed by atoms with Gasteiger partial charge in [0.25, 0.3) is 0 Å². The van der Waals surface area contributed by atoms with Crippen molar-refractivity contribution >= 4 is 11.6 Å². The molecular weight excluding hydrogens is 467 g/mol. The van der Waals surface area contributed by atoms with E-state index in [9.17, 15) is 9.59 Å². The number of rotatable bonds is 5. The number of Topliss-reactive ketones (excluding diaryl/α,β-unsaturated/α-hetero) is 2. The molecule has 2 aliphatic carbocycles. The van der Waals surface area contributed by atoms with E-state index in [0.717, 1.165) is 17.0 Å². The van der Waals surface area contributed by atoms with Gasteiger partial charge >= 0.3 is 0 Å². The van der Waals surface area contributed by atoms with Crippen molar-refractivity contribution in [2.75, 3.05) is 0 Å². The predicted molar refractivity (Wildman–Crippen MR) is 138 cm³/mol. The Kier molecular flexibility index (Phi) is 6.28. The van der Waals surface area contributed by atoms with E-state index in [-0.39, 0.29) is 34.9 Å². The summed E-state index contributed by atoms with van der Waals surface area (Å²) in [7, 11) is 0. The highest BCUT2D eigenvalue weighted by Crippen LogP contribution is 2.51. The van der Waals surface area contributed by atoms with E-state index in [2.05, 4.69) is 9.83 Å². The van der Waals surface area contributed by atoms with E-state index in [1.165, 1.54) is 6.07 Å². The number of allylic oxidation sites excluding steroid dienone is 2. The van der Waals surface area contributed by atoms with Crippen LogP contribution in [0.25, 0.3) is 27.5 Å². The minimum absolute atomic E-state index is 0.0298. The Hall–Kier alpha value is -4.05. The molecule has 6 nitrogen and oxygen atoms in total. The lowest BCUT2D eigenvalue weighted by molar-refractivity contribution is -0.121. The maximum atomic E-state index is 15.1. The average molecular weight is 495 g/mol. The zero-order valence-electron chi connectivity index (χ0n) is 21.1. The Bertz CT molecular complexity index is 1510. The molecule has 2 aromatic heterocycles. The second kappa shape index (κ2) is 9.44. The molecule has 7 heteroatoms. The molecule has 0 fully saturated rings. The van der Waals surface area contributed by atoms with Crippen LogP contribution in [0.4, 0.5) is 4.39 Å². The number of benzene rings is 1. The number of aryl methyl sites for hydroxylation is 1. The molecule has 0 saturated heterocycles. The first-order valence-corrected chi connectivity index (χ1v) is 12.5. The topological polar surface area (TPSA) is 77.2 Å². The summed E-state index contributed by atoms with van der Waals surface area (Å²) < 4.78 is 15.1. The van der Waals surface area contributed by atoms with E-state index >= 15 is 4.39 Å². The highest BCUT2D eigenvalue weighted by Gasteiger charge is 2.49. The molecule has 3 atom stereocenters. The minimum Gasteiger partial charge on any atom is -0.308 e. The van der Waals surface area contributed by atoms with E-state index < -0.39 is 5.41 Å². The van der Waals surface area contributed by atoms with Crippen LogP contribution in [-0.2, 0) is 27.8 Å². The summed E-state index contributed by atoms with van der Waals surface area (Å²) in [5.41, 5.74) is 3.42. The second-order valence-corrected chi connectivity index (χ2v) is 10.2. The van der Waals surface area contributed by atoms with Gasteiger partial charge < -0.3 is 9.59 Å². The number of halogens is 1. The number of aromatic nitrogens is 3. The van der Waals surface area contributed by atoms with E-state index in [4.69, 9.17) is 16.5 Å². The first-order valence-electron chi connectivity index (χ1n) is 12.5. The van der Waals surface area contributed by atoms with E-state index in [0.29, 0.717) is 48.3 Å². The molecule has 186 valence electrons. The molecule has 0 spiro atoms. The first kappa shape index (κ1) is 24.6. The van der Waals surface area contributed by atoms with Crippen molar-refractivity contribution in [3.05, 3.63) is 88.6 Å². The maximum absolute atomic E-state index is 15.1. The lowest BCUT2D eigenvalue weighted by Crippen LogP contribution is -2.46. The lowest BCUT2D eigenvalue weighted by Gasteiger charge is -2.46. The predicted octanol–water partition coefficient (Wildman–Crippen LogP) is 5.71. The third kappa shape index (κ3) is 4.27. The molecule has 0 N–H and O–H groups in total. The molecule has 2 aliphatic rings. The molecule has 0 radical (unpaired) electrons. The molecular formula is C30H27FN4O2. The van der Waals surface area contributed by atoms with Crippen molar-refractivity contribution in [1.29, 1.82) is 0 Å². The molecule has 2 heterocycles. The second-order valence-electron chi connectivity index (χ2n) is 10.2. The number of carbonyl (C=O) groups excluding carboxylic acids is 2. The van der Waals surface area contributed by atoms with Crippen LogP contribution in [0.1, 0.15) is 50.6 Å². The number of carbonyl (C=O) groups is 2. The van der Waals surface area contributed by atoms with Gasteiger partial charge in [-0.15, -0.1) is 0 Å². The Labute approximate surface area is 215 Å². The summed E-state index contributed by atoms with van der Waals surface area (Å²) in [5, 5.41) is 0. The molecule has 0 amide bonds. The third-order valence-electron chi connectivity index (χ3n) is 7.76. The van der Waals surface area contributed by atoms with Crippen LogP contribution >= 0.6 is 0 Å². The molecule has 0 bridgehead atoms. The number of ketones is 2. The molecule has 0 aliphatic heterocycles. The van der Waals surface area contributed by atoms with Gasteiger partial charge in [0.2, 0.25) is 5.70 Å². The van der Waals surface area contributed by atoms with Gasteiger partial charge in [-0.1, -0.05) is 32.1 Å². The summed E-state index contributed by atoms with van der Waals surface area (Å²) in [5.74, 6) is -0.342. The van der Waals surface area contributed by atoms with Crippen molar-refractivity contribution < 1.29 is 14.0 Å². The average Bonchev–Trinajstić information content (AvgIpc) is 2.89. The van der Waals surface area contributed by atoms with Crippen molar-refractivity contribution in [3.8, 4) is 22.6 Å². The summed E-state index contributed by atoms with van der Waals surface area (Å²) in [4.78, 5) is 42.2. The van der Waals surface area contributed by atoms with Crippen LogP contribution in [0.5, 0.6) is 0 Å². The number of hydrogen-bond donors (Lipinski definition) is 0. The molecule has 37 heavy (non-hydrogen) atoms. The number of nitrogens with zero attached hydrogens (tertiary/aromatic N) is 4. The number of fused-ring (bicyclic) bond motifs is 3. The van der Waals surface area contributed by atoms with Gasteiger partial charge in [0.1, 0.15) is 11.6 Å². The Morgan fingerprint density at radius 3 is 2.76 bits per heavy atom. The van der Waals surface area contributed by atoms with Gasteiger partial charge in [-0.25, -0.2) is 19.2 Å². The highest BCUT2D eigenvalue weighted by molar-refractivity contribution is 6.00. The zero-order chi connectivity index (χ0) is 26.3. The molecule has 5 rings (SSSR count). The van der Waals surface area contributed by atoms with Gasteiger partial charge in [-0.05, 0) is 56.4 Å². The van der Waals surface area contributed by atoms with E-state index in [1.54, 1.807) is 43.5 Å². The number of pyridine rings is 1. The van der Waals surface area contributed by atoms with Crippen molar-refractivity contribution in [2.24, 2.45) is 11.8 Å². The number of hydrogen-bond acceptors (Lipinski definition) is 5. The fraction of sp³-hybridized carbons (Fsp3) is 0.333.